The zero-order valence-corrected chi connectivity index (χ0v) is 15.5. The Hall–Kier alpha value is -2.87. The molecule has 0 aliphatic heterocycles. The van der Waals surface area contributed by atoms with Crippen LogP contribution in [0.2, 0.25) is 0 Å². The van der Waals surface area contributed by atoms with Crippen LogP contribution in [0, 0.1) is 33.5 Å². The molecule has 0 saturated heterocycles. The summed E-state index contributed by atoms with van der Waals surface area (Å²) in [5.41, 5.74) is 1.37. The summed E-state index contributed by atoms with van der Waals surface area (Å²) in [6.07, 6.45) is 0. The summed E-state index contributed by atoms with van der Waals surface area (Å²) in [6, 6.07) is 11.2. The van der Waals surface area contributed by atoms with Crippen molar-refractivity contribution in [3.8, 4) is 6.07 Å². The number of nitrogens with zero attached hydrogens (tertiary/aromatic N) is 4. The van der Waals surface area contributed by atoms with Crippen LogP contribution in [-0.2, 0) is 0 Å². The Kier molecular flexibility index (Phi) is 5.22. The van der Waals surface area contributed by atoms with Crippen molar-refractivity contribution >= 4 is 45.7 Å². The van der Waals surface area contributed by atoms with Gasteiger partial charge in [-0.05, 0) is 65.9 Å². The van der Waals surface area contributed by atoms with Gasteiger partial charge in [-0.25, -0.2) is 8.78 Å². The third-order valence-electron chi connectivity index (χ3n) is 3.38. The second-order valence-corrected chi connectivity index (χ2v) is 6.50. The van der Waals surface area contributed by atoms with Gasteiger partial charge >= 0.3 is 0 Å². The number of aromatic nitrogens is 3. The molecule has 0 fully saturated rings. The van der Waals surface area contributed by atoms with E-state index in [0.717, 1.165) is 0 Å². The minimum absolute atomic E-state index is 0.0502. The topological polar surface area (TPSA) is 86.5 Å². The second-order valence-electron chi connectivity index (χ2n) is 5.25. The molecule has 0 aliphatic rings. The van der Waals surface area contributed by atoms with Crippen molar-refractivity contribution < 1.29 is 8.78 Å². The van der Waals surface area contributed by atoms with Gasteiger partial charge in [0.2, 0.25) is 5.95 Å². The minimum atomic E-state index is -0.750. The smallest absolute Gasteiger partial charge is 0.249 e. The van der Waals surface area contributed by atoms with Gasteiger partial charge in [-0.1, -0.05) is 0 Å². The summed E-state index contributed by atoms with van der Waals surface area (Å²) >= 11 is 1.82. The highest BCUT2D eigenvalue weighted by Gasteiger charge is 2.13. The first-order chi connectivity index (χ1) is 12.5. The molecule has 26 heavy (non-hydrogen) atoms. The number of nitriles is 1. The summed E-state index contributed by atoms with van der Waals surface area (Å²) in [5, 5.41) is 22.1. The average Bonchev–Trinajstić information content (AvgIpc) is 2.61. The van der Waals surface area contributed by atoms with Gasteiger partial charge in [0, 0.05) is 9.26 Å². The van der Waals surface area contributed by atoms with Crippen molar-refractivity contribution in [2.45, 2.75) is 6.92 Å². The fraction of sp³-hybridized carbons (Fsp3) is 0.0588. The van der Waals surface area contributed by atoms with Crippen molar-refractivity contribution in [2.75, 3.05) is 10.6 Å². The molecule has 0 aliphatic carbocycles. The lowest BCUT2D eigenvalue weighted by Gasteiger charge is -2.11. The number of rotatable bonds is 4. The molecule has 0 saturated carbocycles. The molecular formula is C17H11F2IN6. The van der Waals surface area contributed by atoms with Crippen molar-refractivity contribution in [1.29, 1.82) is 5.26 Å². The molecule has 0 spiro atoms. The fourth-order valence-electron chi connectivity index (χ4n) is 2.09. The normalized spacial score (nSPS) is 10.3. The molecule has 0 radical (unpaired) electrons. The fourth-order valence-corrected chi connectivity index (χ4v) is 2.64. The average molecular weight is 464 g/mol. The molecule has 2 aromatic carbocycles. The van der Waals surface area contributed by atoms with Crippen molar-refractivity contribution in [2.24, 2.45) is 0 Å². The summed E-state index contributed by atoms with van der Waals surface area (Å²) in [4.78, 5) is 4.21. The van der Waals surface area contributed by atoms with E-state index < -0.39 is 11.6 Å². The molecule has 2 N–H and O–H groups in total. The Morgan fingerprint density at radius 2 is 1.69 bits per heavy atom. The summed E-state index contributed by atoms with van der Waals surface area (Å²) in [5.74, 6) is -1.18. The molecule has 3 aromatic rings. The van der Waals surface area contributed by atoms with Crippen LogP contribution in [0.1, 0.15) is 11.3 Å². The zero-order valence-electron chi connectivity index (χ0n) is 13.4. The first-order valence-electron chi connectivity index (χ1n) is 7.36. The molecule has 0 atom stereocenters. The van der Waals surface area contributed by atoms with Crippen LogP contribution in [-0.4, -0.2) is 15.2 Å². The lowest BCUT2D eigenvalue weighted by Crippen LogP contribution is -2.07. The van der Waals surface area contributed by atoms with E-state index in [1.807, 2.05) is 28.7 Å². The molecule has 3 rings (SSSR count). The van der Waals surface area contributed by atoms with Gasteiger partial charge in [0.25, 0.3) is 0 Å². The summed E-state index contributed by atoms with van der Waals surface area (Å²) in [7, 11) is 0. The third-order valence-corrected chi connectivity index (χ3v) is 4.00. The molecule has 6 nitrogen and oxygen atoms in total. The van der Waals surface area contributed by atoms with E-state index in [-0.39, 0.29) is 11.6 Å². The lowest BCUT2D eigenvalue weighted by molar-refractivity contribution is 0.588. The van der Waals surface area contributed by atoms with E-state index in [1.54, 1.807) is 31.2 Å². The van der Waals surface area contributed by atoms with Gasteiger partial charge in [-0.15, -0.1) is 10.2 Å². The van der Waals surface area contributed by atoms with Crippen molar-refractivity contribution in [3.05, 3.63) is 62.9 Å². The van der Waals surface area contributed by atoms with Crippen LogP contribution < -0.4 is 10.6 Å². The van der Waals surface area contributed by atoms with Gasteiger partial charge in [0.1, 0.15) is 11.4 Å². The number of hydrogen-bond acceptors (Lipinski definition) is 6. The Balaban J connectivity index is 1.87. The first-order valence-corrected chi connectivity index (χ1v) is 8.44. The highest BCUT2D eigenvalue weighted by molar-refractivity contribution is 14.1. The van der Waals surface area contributed by atoms with Crippen LogP contribution in [0.3, 0.4) is 0 Å². The van der Waals surface area contributed by atoms with Crippen LogP contribution in [0.5, 0.6) is 0 Å². The molecule has 0 bridgehead atoms. The molecule has 1 aromatic heterocycles. The molecule has 1 heterocycles. The van der Waals surface area contributed by atoms with E-state index in [4.69, 9.17) is 5.26 Å². The quantitative estimate of drug-likeness (QED) is 0.556. The predicted octanol–water partition coefficient (Wildman–Crippen LogP) is 4.42. The van der Waals surface area contributed by atoms with Crippen LogP contribution in [0.25, 0.3) is 0 Å². The van der Waals surface area contributed by atoms with Crippen LogP contribution in [0.15, 0.2) is 36.4 Å². The number of nitrogens with one attached hydrogen (secondary N) is 2. The molecule has 130 valence electrons. The standard InChI is InChI=1S/C17H11F2IN6/c1-9-16(22-12-4-2-10(8-21)3-5-12)24-17(26-25-9)23-15-13(18)6-11(20)7-14(15)19/h2-7H,1H3,(H2,22,23,24,26). The Morgan fingerprint density at radius 1 is 1.04 bits per heavy atom. The highest BCUT2D eigenvalue weighted by Crippen LogP contribution is 2.25. The van der Waals surface area contributed by atoms with Gasteiger partial charge < -0.3 is 10.6 Å². The first kappa shape index (κ1) is 17.9. The second kappa shape index (κ2) is 7.57. The van der Waals surface area contributed by atoms with Crippen molar-refractivity contribution in [3.63, 3.8) is 0 Å². The zero-order chi connectivity index (χ0) is 18.7. The molecule has 0 amide bonds. The van der Waals surface area contributed by atoms with Gasteiger partial charge in [0.05, 0.1) is 11.6 Å². The summed E-state index contributed by atoms with van der Waals surface area (Å²) in [6.45, 7) is 1.70. The van der Waals surface area contributed by atoms with Crippen LogP contribution >= 0.6 is 22.6 Å². The Labute approximate surface area is 161 Å². The number of hydrogen-bond donors (Lipinski definition) is 2. The van der Waals surface area contributed by atoms with Gasteiger partial charge in [0.15, 0.2) is 17.5 Å². The number of anilines is 4. The SMILES string of the molecule is Cc1nnc(Nc2c(F)cc(I)cc2F)nc1Nc1ccc(C#N)cc1. The maximum absolute atomic E-state index is 14.0. The van der Waals surface area contributed by atoms with E-state index in [0.29, 0.717) is 26.3 Å². The van der Waals surface area contributed by atoms with E-state index in [1.165, 1.54) is 12.1 Å². The lowest BCUT2D eigenvalue weighted by atomic mass is 10.2. The van der Waals surface area contributed by atoms with Crippen LogP contribution in [0.4, 0.5) is 31.9 Å². The van der Waals surface area contributed by atoms with E-state index in [2.05, 4.69) is 25.8 Å². The minimum Gasteiger partial charge on any atom is -0.339 e. The van der Waals surface area contributed by atoms with Gasteiger partial charge in [-0.2, -0.15) is 10.2 Å². The Morgan fingerprint density at radius 3 is 2.31 bits per heavy atom. The maximum Gasteiger partial charge on any atom is 0.249 e. The van der Waals surface area contributed by atoms with Gasteiger partial charge in [-0.3, -0.25) is 0 Å². The summed E-state index contributed by atoms with van der Waals surface area (Å²) < 4.78 is 28.4. The van der Waals surface area contributed by atoms with E-state index in [9.17, 15) is 8.78 Å². The number of aryl methyl sites for hydroxylation is 1. The maximum atomic E-state index is 14.0. The number of benzene rings is 2. The molecular weight excluding hydrogens is 453 g/mol. The van der Waals surface area contributed by atoms with E-state index >= 15 is 0 Å². The highest BCUT2D eigenvalue weighted by atomic mass is 127. The number of halogens is 3. The predicted molar refractivity (Wildman–Crippen MR) is 101 cm³/mol. The molecule has 0 unspecified atom stereocenters. The molecule has 9 heteroatoms. The largest absolute Gasteiger partial charge is 0.339 e. The Bertz CT molecular complexity index is 978. The monoisotopic (exact) mass is 464 g/mol. The van der Waals surface area contributed by atoms with Crippen molar-refractivity contribution in [1.82, 2.24) is 15.2 Å². The third kappa shape index (κ3) is 4.02.